The van der Waals surface area contributed by atoms with Gasteiger partial charge in [0.1, 0.15) is 5.52 Å². The molecule has 104 valence electrons. The number of benzene rings is 1. The zero-order chi connectivity index (χ0) is 13.1. The summed E-state index contributed by atoms with van der Waals surface area (Å²) in [4.78, 5) is 15.7. The lowest BCUT2D eigenvalue weighted by Gasteiger charge is -2.05. The molecule has 1 unspecified atom stereocenters. The van der Waals surface area contributed by atoms with Crippen molar-refractivity contribution in [3.05, 3.63) is 29.7 Å². The lowest BCUT2D eigenvalue weighted by molar-refractivity contribution is -0.121. The molecule has 0 radical (unpaired) electrons. The highest BCUT2D eigenvalue weighted by molar-refractivity contribution is 5.85. The summed E-state index contributed by atoms with van der Waals surface area (Å²) in [6.45, 7) is 4.12. The van der Waals surface area contributed by atoms with Crippen LogP contribution in [0.15, 0.2) is 22.6 Å². The highest BCUT2D eigenvalue weighted by Crippen LogP contribution is 2.18. The number of amides is 1. The van der Waals surface area contributed by atoms with Gasteiger partial charge in [0.15, 0.2) is 11.5 Å². The summed E-state index contributed by atoms with van der Waals surface area (Å²) in [5.74, 6) is 0.464. The van der Waals surface area contributed by atoms with E-state index in [0.717, 1.165) is 16.7 Å². The average molecular weight is 284 g/mol. The predicted octanol–water partition coefficient (Wildman–Crippen LogP) is 1.56. The molecule has 0 aliphatic heterocycles. The molecule has 0 bridgehead atoms. The van der Waals surface area contributed by atoms with E-state index in [1.807, 2.05) is 25.1 Å². The van der Waals surface area contributed by atoms with E-state index < -0.39 is 6.04 Å². The number of nitrogens with zero attached hydrogens (tertiary/aromatic N) is 1. The lowest BCUT2D eigenvalue weighted by atomic mass is 10.2. The van der Waals surface area contributed by atoms with Gasteiger partial charge in [-0.15, -0.1) is 12.4 Å². The van der Waals surface area contributed by atoms with Crippen LogP contribution in [-0.2, 0) is 11.2 Å². The molecular formula is C13H18ClN3O2. The van der Waals surface area contributed by atoms with Gasteiger partial charge in [-0.3, -0.25) is 4.79 Å². The molecule has 5 nitrogen and oxygen atoms in total. The first-order chi connectivity index (χ1) is 8.58. The normalized spacial score (nSPS) is 11.9. The number of nitrogens with one attached hydrogen (secondary N) is 1. The zero-order valence-corrected chi connectivity index (χ0v) is 11.8. The van der Waals surface area contributed by atoms with Crippen LogP contribution in [0.3, 0.4) is 0 Å². The number of carbonyl (C=O) groups is 1. The molecule has 1 heterocycles. The molecule has 0 spiro atoms. The first-order valence-electron chi connectivity index (χ1n) is 5.96. The molecule has 0 saturated carbocycles. The van der Waals surface area contributed by atoms with Gasteiger partial charge in [-0.25, -0.2) is 4.98 Å². The number of fused-ring (bicyclic) bond motifs is 1. The first-order valence-corrected chi connectivity index (χ1v) is 5.96. The molecule has 1 aromatic carbocycles. The van der Waals surface area contributed by atoms with Gasteiger partial charge in [-0.2, -0.15) is 0 Å². The molecule has 0 aliphatic carbocycles. The van der Waals surface area contributed by atoms with E-state index >= 15 is 0 Å². The number of para-hydroxylation sites is 1. The van der Waals surface area contributed by atoms with Gasteiger partial charge in [0, 0.05) is 13.0 Å². The number of rotatable bonds is 4. The number of nitrogens with two attached hydrogens (primary N) is 1. The van der Waals surface area contributed by atoms with Crippen molar-refractivity contribution in [3.8, 4) is 0 Å². The summed E-state index contributed by atoms with van der Waals surface area (Å²) >= 11 is 0. The molecule has 1 amide bonds. The Morgan fingerprint density at radius 3 is 2.89 bits per heavy atom. The third-order valence-electron chi connectivity index (χ3n) is 2.72. The Labute approximate surface area is 118 Å². The van der Waals surface area contributed by atoms with Gasteiger partial charge in [-0.05, 0) is 25.5 Å². The summed E-state index contributed by atoms with van der Waals surface area (Å²) in [5.41, 5.74) is 8.19. The van der Waals surface area contributed by atoms with E-state index in [0.29, 0.717) is 18.9 Å². The fourth-order valence-corrected chi connectivity index (χ4v) is 1.69. The van der Waals surface area contributed by atoms with Gasteiger partial charge in [0.2, 0.25) is 5.91 Å². The molecule has 1 atom stereocenters. The van der Waals surface area contributed by atoms with Crippen LogP contribution in [0.25, 0.3) is 11.1 Å². The average Bonchev–Trinajstić information content (AvgIpc) is 2.73. The third kappa shape index (κ3) is 3.68. The van der Waals surface area contributed by atoms with Crippen LogP contribution in [0.5, 0.6) is 0 Å². The van der Waals surface area contributed by atoms with Crippen LogP contribution in [0.4, 0.5) is 0 Å². The number of oxazole rings is 1. The van der Waals surface area contributed by atoms with Crippen LogP contribution in [0.1, 0.15) is 18.4 Å². The van der Waals surface area contributed by atoms with Crippen molar-refractivity contribution in [2.24, 2.45) is 5.73 Å². The maximum atomic E-state index is 11.3. The number of aryl methyl sites for hydroxylation is 1. The van der Waals surface area contributed by atoms with Crippen LogP contribution < -0.4 is 11.1 Å². The van der Waals surface area contributed by atoms with Gasteiger partial charge in [0.25, 0.3) is 0 Å². The quantitative estimate of drug-likeness (QED) is 0.892. The Kier molecular flexibility index (Phi) is 5.32. The maximum Gasteiger partial charge on any atom is 0.236 e. The Morgan fingerprint density at radius 2 is 2.26 bits per heavy atom. The van der Waals surface area contributed by atoms with E-state index in [2.05, 4.69) is 10.3 Å². The van der Waals surface area contributed by atoms with E-state index in [-0.39, 0.29) is 18.3 Å². The molecule has 3 N–H and O–H groups in total. The van der Waals surface area contributed by atoms with Gasteiger partial charge in [0.05, 0.1) is 6.04 Å². The second-order valence-electron chi connectivity index (χ2n) is 4.36. The smallest absolute Gasteiger partial charge is 0.236 e. The molecule has 0 aliphatic rings. The van der Waals surface area contributed by atoms with Crippen molar-refractivity contribution < 1.29 is 9.21 Å². The van der Waals surface area contributed by atoms with Crippen LogP contribution in [0, 0.1) is 6.92 Å². The lowest BCUT2D eigenvalue weighted by Crippen LogP contribution is -2.39. The standard InChI is InChI=1S/C13H17N3O2.ClH/c1-8-4-3-5-10-12(8)16-11(18-10)6-7-15-13(17)9(2)14;/h3-5,9H,6-7,14H2,1-2H3,(H,15,17);1H. The van der Waals surface area contributed by atoms with Crippen molar-refractivity contribution >= 4 is 29.4 Å². The summed E-state index contributed by atoms with van der Waals surface area (Å²) < 4.78 is 5.60. The molecule has 6 heteroatoms. The minimum absolute atomic E-state index is 0. The molecule has 2 rings (SSSR count). The number of carbonyl (C=O) groups excluding carboxylic acids is 1. The minimum atomic E-state index is -0.490. The van der Waals surface area contributed by atoms with E-state index in [9.17, 15) is 4.79 Å². The maximum absolute atomic E-state index is 11.3. The zero-order valence-electron chi connectivity index (χ0n) is 11.0. The Balaban J connectivity index is 0.00000180. The van der Waals surface area contributed by atoms with Crippen molar-refractivity contribution in [1.82, 2.24) is 10.3 Å². The topological polar surface area (TPSA) is 81.2 Å². The molecule has 2 aromatic rings. The molecule has 1 aromatic heterocycles. The van der Waals surface area contributed by atoms with Crippen molar-refractivity contribution in [2.45, 2.75) is 26.3 Å². The largest absolute Gasteiger partial charge is 0.441 e. The SMILES string of the molecule is Cc1cccc2oc(CCNC(=O)C(C)N)nc12.Cl. The number of aromatic nitrogens is 1. The van der Waals surface area contributed by atoms with Crippen LogP contribution in [0.2, 0.25) is 0 Å². The number of hydrogen-bond acceptors (Lipinski definition) is 4. The fraction of sp³-hybridized carbons (Fsp3) is 0.385. The first kappa shape index (κ1) is 15.5. The number of hydrogen-bond donors (Lipinski definition) is 2. The van der Waals surface area contributed by atoms with Crippen molar-refractivity contribution in [3.63, 3.8) is 0 Å². The Bertz CT molecular complexity index is 566. The van der Waals surface area contributed by atoms with E-state index in [1.165, 1.54) is 0 Å². The highest BCUT2D eigenvalue weighted by atomic mass is 35.5. The Hall–Kier alpha value is -1.59. The molecule has 19 heavy (non-hydrogen) atoms. The molecular weight excluding hydrogens is 266 g/mol. The summed E-state index contributed by atoms with van der Waals surface area (Å²) in [5, 5.41) is 2.73. The van der Waals surface area contributed by atoms with Gasteiger partial charge >= 0.3 is 0 Å². The van der Waals surface area contributed by atoms with Gasteiger partial charge < -0.3 is 15.5 Å². The minimum Gasteiger partial charge on any atom is -0.441 e. The molecule has 0 saturated heterocycles. The van der Waals surface area contributed by atoms with Crippen molar-refractivity contribution in [1.29, 1.82) is 0 Å². The number of halogens is 1. The monoisotopic (exact) mass is 283 g/mol. The van der Waals surface area contributed by atoms with Gasteiger partial charge in [-0.1, -0.05) is 12.1 Å². The van der Waals surface area contributed by atoms with Crippen LogP contribution in [-0.4, -0.2) is 23.5 Å². The van der Waals surface area contributed by atoms with Crippen LogP contribution >= 0.6 is 12.4 Å². The second-order valence-corrected chi connectivity index (χ2v) is 4.36. The summed E-state index contributed by atoms with van der Waals surface area (Å²) in [6, 6.07) is 5.33. The highest BCUT2D eigenvalue weighted by Gasteiger charge is 2.09. The Morgan fingerprint density at radius 1 is 1.53 bits per heavy atom. The second kappa shape index (κ2) is 6.54. The van der Waals surface area contributed by atoms with E-state index in [4.69, 9.17) is 10.2 Å². The summed E-state index contributed by atoms with van der Waals surface area (Å²) in [6.07, 6.45) is 0.562. The molecule has 0 fully saturated rings. The fourth-order valence-electron chi connectivity index (χ4n) is 1.69. The van der Waals surface area contributed by atoms with Crippen molar-refractivity contribution in [2.75, 3.05) is 6.54 Å². The predicted molar refractivity (Wildman–Crippen MR) is 76.4 cm³/mol. The summed E-state index contributed by atoms with van der Waals surface area (Å²) in [7, 11) is 0. The third-order valence-corrected chi connectivity index (χ3v) is 2.72. The van der Waals surface area contributed by atoms with E-state index in [1.54, 1.807) is 6.92 Å².